The van der Waals surface area contributed by atoms with Gasteiger partial charge in [-0.05, 0) is 58.3 Å². The van der Waals surface area contributed by atoms with Gasteiger partial charge in [0.2, 0.25) is 17.7 Å². The Hall–Kier alpha value is -2.16. The quantitative estimate of drug-likeness (QED) is 0.488. The third-order valence-corrected chi connectivity index (χ3v) is 5.67. The summed E-state index contributed by atoms with van der Waals surface area (Å²) in [4.78, 5) is 40.5. The SMILES string of the molecule is CC(C)OCCCNC(=O)C1CCN(CC(=O)N(C)CC(=O)Nc2ccccc2Cl)CC1. The van der Waals surface area contributed by atoms with E-state index in [0.29, 0.717) is 37.0 Å². The topological polar surface area (TPSA) is 91.0 Å². The molecule has 178 valence electrons. The molecule has 32 heavy (non-hydrogen) atoms. The molecule has 0 atom stereocenters. The monoisotopic (exact) mass is 466 g/mol. The molecule has 0 aromatic heterocycles. The van der Waals surface area contributed by atoms with Gasteiger partial charge in [0.1, 0.15) is 0 Å². The van der Waals surface area contributed by atoms with Crippen molar-refractivity contribution in [2.75, 3.05) is 51.7 Å². The number of halogens is 1. The molecule has 1 fully saturated rings. The van der Waals surface area contributed by atoms with Gasteiger partial charge in [-0.25, -0.2) is 0 Å². The van der Waals surface area contributed by atoms with E-state index >= 15 is 0 Å². The van der Waals surface area contributed by atoms with E-state index in [1.54, 1.807) is 31.3 Å². The number of likely N-dealkylation sites (N-methyl/N-ethyl adjacent to an activating group) is 1. The van der Waals surface area contributed by atoms with Gasteiger partial charge in [0.15, 0.2) is 0 Å². The second-order valence-electron chi connectivity index (χ2n) is 8.39. The van der Waals surface area contributed by atoms with E-state index < -0.39 is 0 Å². The number of rotatable bonds is 11. The van der Waals surface area contributed by atoms with Crippen molar-refractivity contribution in [3.8, 4) is 0 Å². The Morgan fingerprint density at radius 2 is 1.91 bits per heavy atom. The zero-order chi connectivity index (χ0) is 23.5. The third-order valence-electron chi connectivity index (χ3n) is 5.34. The van der Waals surface area contributed by atoms with Crippen molar-refractivity contribution < 1.29 is 19.1 Å². The van der Waals surface area contributed by atoms with Crippen LogP contribution < -0.4 is 10.6 Å². The average Bonchev–Trinajstić information content (AvgIpc) is 2.75. The maximum Gasteiger partial charge on any atom is 0.244 e. The fourth-order valence-corrected chi connectivity index (χ4v) is 3.65. The molecule has 9 heteroatoms. The summed E-state index contributed by atoms with van der Waals surface area (Å²) >= 11 is 6.05. The Balaban J connectivity index is 1.65. The van der Waals surface area contributed by atoms with E-state index in [1.807, 2.05) is 18.7 Å². The fourth-order valence-electron chi connectivity index (χ4n) is 3.47. The summed E-state index contributed by atoms with van der Waals surface area (Å²) in [6.45, 7) is 6.78. The normalized spacial score (nSPS) is 14.9. The van der Waals surface area contributed by atoms with Crippen LogP contribution in [-0.4, -0.2) is 80.0 Å². The van der Waals surface area contributed by atoms with E-state index in [9.17, 15) is 14.4 Å². The molecule has 1 aromatic carbocycles. The maximum absolute atomic E-state index is 12.5. The lowest BCUT2D eigenvalue weighted by Gasteiger charge is -2.31. The van der Waals surface area contributed by atoms with Crippen LogP contribution in [0.5, 0.6) is 0 Å². The largest absolute Gasteiger partial charge is 0.379 e. The van der Waals surface area contributed by atoms with Crippen LogP contribution in [0.15, 0.2) is 24.3 Å². The van der Waals surface area contributed by atoms with Gasteiger partial charge in [0.05, 0.1) is 29.9 Å². The highest BCUT2D eigenvalue weighted by molar-refractivity contribution is 6.33. The van der Waals surface area contributed by atoms with E-state index in [4.69, 9.17) is 16.3 Å². The lowest BCUT2D eigenvalue weighted by Crippen LogP contribution is -2.46. The van der Waals surface area contributed by atoms with Crippen LogP contribution in [0.4, 0.5) is 5.69 Å². The zero-order valence-electron chi connectivity index (χ0n) is 19.2. The molecule has 1 aliphatic heterocycles. The number of ether oxygens (including phenoxy) is 1. The first-order valence-corrected chi connectivity index (χ1v) is 11.5. The second kappa shape index (κ2) is 13.4. The molecule has 0 bridgehead atoms. The van der Waals surface area contributed by atoms with Gasteiger partial charge in [-0.2, -0.15) is 0 Å². The first-order chi connectivity index (χ1) is 15.3. The molecule has 0 aliphatic carbocycles. The van der Waals surface area contributed by atoms with Crippen molar-refractivity contribution in [1.82, 2.24) is 15.1 Å². The summed E-state index contributed by atoms with van der Waals surface area (Å²) in [6.07, 6.45) is 2.44. The number of carbonyl (C=O) groups is 3. The molecule has 0 spiro atoms. The molecule has 1 saturated heterocycles. The number of amides is 3. The number of benzene rings is 1. The number of hydrogen-bond donors (Lipinski definition) is 2. The van der Waals surface area contributed by atoms with Crippen molar-refractivity contribution in [2.24, 2.45) is 5.92 Å². The highest BCUT2D eigenvalue weighted by Crippen LogP contribution is 2.20. The van der Waals surface area contributed by atoms with Crippen LogP contribution >= 0.6 is 11.6 Å². The highest BCUT2D eigenvalue weighted by atomic mass is 35.5. The van der Waals surface area contributed by atoms with Crippen LogP contribution in [-0.2, 0) is 19.1 Å². The van der Waals surface area contributed by atoms with Crippen molar-refractivity contribution in [2.45, 2.75) is 39.2 Å². The number of likely N-dealkylation sites (tertiary alicyclic amines) is 1. The summed E-state index contributed by atoms with van der Waals surface area (Å²) in [5, 5.41) is 6.15. The Morgan fingerprint density at radius 3 is 2.56 bits per heavy atom. The van der Waals surface area contributed by atoms with Crippen LogP contribution in [0.3, 0.4) is 0 Å². The predicted octanol–water partition coefficient (Wildman–Crippen LogP) is 2.38. The number of piperidine rings is 1. The van der Waals surface area contributed by atoms with E-state index in [2.05, 4.69) is 10.6 Å². The van der Waals surface area contributed by atoms with Crippen LogP contribution in [0, 0.1) is 5.92 Å². The van der Waals surface area contributed by atoms with Crippen molar-refractivity contribution >= 4 is 35.0 Å². The van der Waals surface area contributed by atoms with Gasteiger partial charge in [-0.3, -0.25) is 19.3 Å². The van der Waals surface area contributed by atoms with Gasteiger partial charge in [0.25, 0.3) is 0 Å². The van der Waals surface area contributed by atoms with E-state index in [0.717, 1.165) is 19.3 Å². The second-order valence-corrected chi connectivity index (χ2v) is 8.80. The minimum atomic E-state index is -0.303. The summed E-state index contributed by atoms with van der Waals surface area (Å²) in [7, 11) is 1.61. The van der Waals surface area contributed by atoms with Crippen LogP contribution in [0.2, 0.25) is 5.02 Å². The predicted molar refractivity (Wildman–Crippen MR) is 126 cm³/mol. The van der Waals surface area contributed by atoms with Crippen molar-refractivity contribution in [3.63, 3.8) is 0 Å². The van der Waals surface area contributed by atoms with E-state index in [-0.39, 0.29) is 42.8 Å². The lowest BCUT2D eigenvalue weighted by atomic mass is 9.96. The molecule has 0 radical (unpaired) electrons. The average molecular weight is 467 g/mol. The molecule has 2 rings (SSSR count). The number of nitrogens with zero attached hydrogens (tertiary/aromatic N) is 2. The summed E-state index contributed by atoms with van der Waals surface area (Å²) in [6, 6.07) is 6.96. The summed E-state index contributed by atoms with van der Waals surface area (Å²) < 4.78 is 5.47. The number of nitrogens with one attached hydrogen (secondary N) is 2. The van der Waals surface area contributed by atoms with Crippen molar-refractivity contribution in [3.05, 3.63) is 29.3 Å². The molecule has 3 amide bonds. The third kappa shape index (κ3) is 9.14. The van der Waals surface area contributed by atoms with Gasteiger partial charge < -0.3 is 20.3 Å². The van der Waals surface area contributed by atoms with Crippen LogP contribution in [0.25, 0.3) is 0 Å². The van der Waals surface area contributed by atoms with Gasteiger partial charge in [-0.1, -0.05) is 23.7 Å². The minimum absolute atomic E-state index is 0.0218. The molecular weight excluding hydrogens is 432 g/mol. The van der Waals surface area contributed by atoms with Crippen LogP contribution in [0.1, 0.15) is 33.1 Å². The zero-order valence-corrected chi connectivity index (χ0v) is 20.0. The Bertz CT molecular complexity index is 766. The molecule has 0 unspecified atom stereocenters. The molecule has 8 nitrogen and oxygen atoms in total. The standard InChI is InChI=1S/C23H35ClN4O4/c1-17(2)32-14-6-11-25-23(31)18-9-12-28(13-10-18)16-22(30)27(3)15-21(29)26-20-8-5-4-7-19(20)24/h4-5,7-8,17-18H,6,9-16H2,1-3H3,(H,25,31)(H,26,29). The molecule has 1 aliphatic rings. The highest BCUT2D eigenvalue weighted by Gasteiger charge is 2.26. The molecule has 1 heterocycles. The molecule has 2 N–H and O–H groups in total. The van der Waals surface area contributed by atoms with Gasteiger partial charge in [0, 0.05) is 26.1 Å². The first kappa shape index (κ1) is 26.1. The van der Waals surface area contributed by atoms with Gasteiger partial charge >= 0.3 is 0 Å². The Morgan fingerprint density at radius 1 is 1.22 bits per heavy atom. The molecule has 0 saturated carbocycles. The minimum Gasteiger partial charge on any atom is -0.379 e. The number of anilines is 1. The Kier molecular flexibility index (Phi) is 10.9. The van der Waals surface area contributed by atoms with E-state index in [1.165, 1.54) is 4.90 Å². The number of para-hydroxylation sites is 1. The number of hydrogen-bond acceptors (Lipinski definition) is 5. The first-order valence-electron chi connectivity index (χ1n) is 11.2. The maximum atomic E-state index is 12.5. The smallest absolute Gasteiger partial charge is 0.244 e. The molecular formula is C23H35ClN4O4. The number of carbonyl (C=O) groups excluding carboxylic acids is 3. The fraction of sp³-hybridized carbons (Fsp3) is 0.609. The summed E-state index contributed by atoms with van der Waals surface area (Å²) in [5.74, 6) is -0.379. The lowest BCUT2D eigenvalue weighted by molar-refractivity contribution is -0.134. The Labute approximate surface area is 195 Å². The molecule has 1 aromatic rings. The van der Waals surface area contributed by atoms with Crippen molar-refractivity contribution in [1.29, 1.82) is 0 Å². The van der Waals surface area contributed by atoms with Gasteiger partial charge in [-0.15, -0.1) is 0 Å². The summed E-state index contributed by atoms with van der Waals surface area (Å²) in [5.41, 5.74) is 0.521.